The molecule has 1 aliphatic carbocycles. The van der Waals surface area contributed by atoms with Crippen molar-refractivity contribution in [1.82, 2.24) is 9.78 Å². The molecule has 0 aliphatic heterocycles. The average molecular weight is 208 g/mol. The molecule has 0 aromatic carbocycles. The molecule has 0 spiro atoms. The summed E-state index contributed by atoms with van der Waals surface area (Å²) in [6.45, 7) is 2.71. The molecule has 0 radical (unpaired) electrons. The molecule has 0 saturated heterocycles. The number of methoxy groups -OCH3 is 1. The van der Waals surface area contributed by atoms with Crippen molar-refractivity contribution in [3.63, 3.8) is 0 Å². The normalized spacial score (nSPS) is 14.8. The molecule has 4 heteroatoms. The van der Waals surface area contributed by atoms with Crippen LogP contribution < -0.4 is 0 Å². The topological polar surface area (TPSA) is 44.1 Å². The number of fused-ring (bicyclic) bond motifs is 1. The number of rotatable bonds is 2. The second-order valence-electron chi connectivity index (χ2n) is 3.79. The highest BCUT2D eigenvalue weighted by atomic mass is 16.5. The van der Waals surface area contributed by atoms with Crippen molar-refractivity contribution < 1.29 is 9.53 Å². The summed E-state index contributed by atoms with van der Waals surface area (Å²) in [7, 11) is 1.42. The lowest BCUT2D eigenvalue weighted by atomic mass is 9.96. The summed E-state index contributed by atoms with van der Waals surface area (Å²) in [6, 6.07) is 0. The summed E-state index contributed by atoms with van der Waals surface area (Å²) in [5, 5.41) is 4.45. The van der Waals surface area contributed by atoms with Crippen molar-refractivity contribution in [3.05, 3.63) is 17.0 Å². The van der Waals surface area contributed by atoms with Gasteiger partial charge < -0.3 is 4.74 Å². The van der Waals surface area contributed by atoms with Crippen LogP contribution in [-0.2, 0) is 24.1 Å². The minimum Gasteiger partial charge on any atom is -0.464 e. The summed E-state index contributed by atoms with van der Waals surface area (Å²) >= 11 is 0. The first-order valence-electron chi connectivity index (χ1n) is 5.44. The second kappa shape index (κ2) is 4.04. The molecule has 0 amide bonds. The van der Waals surface area contributed by atoms with Gasteiger partial charge in [0.1, 0.15) is 5.69 Å². The van der Waals surface area contributed by atoms with E-state index in [-0.39, 0.29) is 5.97 Å². The number of esters is 1. The van der Waals surface area contributed by atoms with Crippen molar-refractivity contribution in [2.24, 2.45) is 0 Å². The Balaban J connectivity index is 2.49. The third-order valence-corrected chi connectivity index (χ3v) is 2.90. The largest absolute Gasteiger partial charge is 0.464 e. The number of carbonyl (C=O) groups excluding carboxylic acids is 1. The van der Waals surface area contributed by atoms with E-state index in [0.717, 1.165) is 37.1 Å². The van der Waals surface area contributed by atoms with Crippen molar-refractivity contribution in [1.29, 1.82) is 0 Å². The average Bonchev–Trinajstić information content (AvgIpc) is 2.66. The Kier molecular flexibility index (Phi) is 2.75. The van der Waals surface area contributed by atoms with Gasteiger partial charge in [-0.2, -0.15) is 5.10 Å². The van der Waals surface area contributed by atoms with Crippen LogP contribution in [0.3, 0.4) is 0 Å². The third-order valence-electron chi connectivity index (χ3n) is 2.90. The van der Waals surface area contributed by atoms with Crippen LogP contribution >= 0.6 is 0 Å². The standard InChI is InChI=1S/C11H16N2O2/c1-3-13-10(11(14)15-2)8-6-4-5-7-9(8)12-13/h3-7H2,1-2H3. The molecule has 1 aliphatic rings. The van der Waals surface area contributed by atoms with Gasteiger partial charge in [-0.15, -0.1) is 0 Å². The lowest BCUT2D eigenvalue weighted by Crippen LogP contribution is -2.13. The molecule has 0 unspecified atom stereocenters. The van der Waals surface area contributed by atoms with Crippen LogP contribution in [0, 0.1) is 0 Å². The van der Waals surface area contributed by atoms with Crippen LogP contribution in [0.1, 0.15) is 41.5 Å². The number of hydrogen-bond donors (Lipinski definition) is 0. The van der Waals surface area contributed by atoms with Crippen LogP contribution in [0.5, 0.6) is 0 Å². The van der Waals surface area contributed by atoms with Gasteiger partial charge in [-0.25, -0.2) is 4.79 Å². The van der Waals surface area contributed by atoms with E-state index in [0.29, 0.717) is 5.69 Å². The third kappa shape index (κ3) is 1.64. The highest BCUT2D eigenvalue weighted by Gasteiger charge is 2.24. The van der Waals surface area contributed by atoms with Gasteiger partial charge in [-0.05, 0) is 32.6 Å². The van der Waals surface area contributed by atoms with Gasteiger partial charge in [0, 0.05) is 12.1 Å². The highest BCUT2D eigenvalue weighted by Crippen LogP contribution is 2.24. The molecule has 2 rings (SSSR count). The fourth-order valence-electron chi connectivity index (χ4n) is 2.16. The van der Waals surface area contributed by atoms with Gasteiger partial charge in [0.15, 0.2) is 0 Å². The molecule has 1 aromatic heterocycles. The number of nitrogens with zero attached hydrogens (tertiary/aromatic N) is 2. The van der Waals surface area contributed by atoms with Gasteiger partial charge in [0.25, 0.3) is 0 Å². The molecule has 0 N–H and O–H groups in total. The van der Waals surface area contributed by atoms with E-state index in [9.17, 15) is 4.79 Å². The highest BCUT2D eigenvalue weighted by molar-refractivity contribution is 5.89. The Labute approximate surface area is 89.2 Å². The van der Waals surface area contributed by atoms with Crippen LogP contribution in [0.25, 0.3) is 0 Å². The maximum Gasteiger partial charge on any atom is 0.356 e. The van der Waals surface area contributed by atoms with E-state index in [2.05, 4.69) is 5.10 Å². The maximum atomic E-state index is 11.6. The first-order chi connectivity index (χ1) is 7.27. The summed E-state index contributed by atoms with van der Waals surface area (Å²) < 4.78 is 6.57. The molecule has 15 heavy (non-hydrogen) atoms. The smallest absolute Gasteiger partial charge is 0.356 e. The number of hydrogen-bond acceptors (Lipinski definition) is 3. The molecule has 0 bridgehead atoms. The van der Waals surface area contributed by atoms with Crippen molar-refractivity contribution in [2.45, 2.75) is 39.2 Å². The molecular formula is C11H16N2O2. The summed E-state index contributed by atoms with van der Waals surface area (Å²) in [5.41, 5.74) is 2.85. The maximum absolute atomic E-state index is 11.6. The molecule has 1 heterocycles. The first-order valence-corrected chi connectivity index (χ1v) is 5.44. The Morgan fingerprint density at radius 3 is 2.87 bits per heavy atom. The zero-order valence-electron chi connectivity index (χ0n) is 9.25. The minimum atomic E-state index is -0.257. The second-order valence-corrected chi connectivity index (χ2v) is 3.79. The zero-order valence-corrected chi connectivity index (χ0v) is 9.25. The predicted octanol–water partition coefficient (Wildman–Crippen LogP) is 1.57. The van der Waals surface area contributed by atoms with Crippen molar-refractivity contribution in [3.8, 4) is 0 Å². The van der Waals surface area contributed by atoms with Gasteiger partial charge in [0.2, 0.25) is 0 Å². The Morgan fingerprint density at radius 1 is 1.47 bits per heavy atom. The first kappa shape index (κ1) is 10.2. The number of aromatic nitrogens is 2. The van der Waals surface area contributed by atoms with Crippen LogP contribution in [0.4, 0.5) is 0 Å². The summed E-state index contributed by atoms with van der Waals surface area (Å²) in [6.07, 6.45) is 4.27. The SMILES string of the molecule is CCn1nc2c(c1C(=O)OC)CCCC2. The van der Waals surface area contributed by atoms with Crippen molar-refractivity contribution in [2.75, 3.05) is 7.11 Å². The Bertz CT molecular complexity index is 382. The Hall–Kier alpha value is -1.32. The zero-order chi connectivity index (χ0) is 10.8. The van der Waals surface area contributed by atoms with Gasteiger partial charge in [-0.1, -0.05) is 0 Å². The number of aryl methyl sites for hydroxylation is 2. The predicted molar refractivity (Wildman–Crippen MR) is 55.9 cm³/mol. The van der Waals surface area contributed by atoms with Crippen LogP contribution in [0.15, 0.2) is 0 Å². The van der Waals surface area contributed by atoms with Crippen molar-refractivity contribution >= 4 is 5.97 Å². The van der Waals surface area contributed by atoms with E-state index < -0.39 is 0 Å². The molecule has 0 atom stereocenters. The Morgan fingerprint density at radius 2 is 2.20 bits per heavy atom. The molecule has 82 valence electrons. The van der Waals surface area contributed by atoms with Crippen LogP contribution in [0.2, 0.25) is 0 Å². The monoisotopic (exact) mass is 208 g/mol. The molecule has 0 fully saturated rings. The number of ether oxygens (including phenoxy) is 1. The van der Waals surface area contributed by atoms with E-state index in [1.54, 1.807) is 4.68 Å². The molecule has 1 aromatic rings. The quantitative estimate of drug-likeness (QED) is 0.693. The van der Waals surface area contributed by atoms with Gasteiger partial charge >= 0.3 is 5.97 Å². The van der Waals surface area contributed by atoms with Gasteiger partial charge in [-0.3, -0.25) is 4.68 Å². The van der Waals surface area contributed by atoms with E-state index in [1.807, 2.05) is 6.92 Å². The molecule has 0 saturated carbocycles. The summed E-state index contributed by atoms with van der Waals surface area (Å²) in [4.78, 5) is 11.6. The van der Waals surface area contributed by atoms with Gasteiger partial charge in [0.05, 0.1) is 12.8 Å². The molecular weight excluding hydrogens is 192 g/mol. The van der Waals surface area contributed by atoms with Crippen LogP contribution in [-0.4, -0.2) is 22.9 Å². The molecule has 4 nitrogen and oxygen atoms in total. The van der Waals surface area contributed by atoms with E-state index in [1.165, 1.54) is 13.5 Å². The fourth-order valence-corrected chi connectivity index (χ4v) is 2.16. The van der Waals surface area contributed by atoms with E-state index >= 15 is 0 Å². The lowest BCUT2D eigenvalue weighted by Gasteiger charge is -2.10. The lowest BCUT2D eigenvalue weighted by molar-refractivity contribution is 0.0585. The fraction of sp³-hybridized carbons (Fsp3) is 0.636. The summed E-state index contributed by atoms with van der Waals surface area (Å²) in [5.74, 6) is -0.257. The van der Waals surface area contributed by atoms with E-state index in [4.69, 9.17) is 4.74 Å². The number of carbonyl (C=O) groups is 1. The minimum absolute atomic E-state index is 0.257.